The fourth-order valence-electron chi connectivity index (χ4n) is 0.861. The number of esters is 1. The molecule has 0 spiro atoms. The quantitative estimate of drug-likeness (QED) is 0.612. The molecule has 0 unspecified atom stereocenters. The van der Waals surface area contributed by atoms with E-state index in [0.717, 1.165) is 0 Å². The van der Waals surface area contributed by atoms with Gasteiger partial charge in [0.2, 0.25) is 0 Å². The second kappa shape index (κ2) is 6.44. The third-order valence-electron chi connectivity index (χ3n) is 1.57. The minimum absolute atomic E-state index is 0.0164. The Morgan fingerprint density at radius 2 is 2.07 bits per heavy atom. The number of furan rings is 1. The van der Waals surface area contributed by atoms with Crippen molar-refractivity contribution in [1.82, 2.24) is 0 Å². The summed E-state index contributed by atoms with van der Waals surface area (Å²) in [4.78, 5) is 21.8. The first-order valence-corrected chi connectivity index (χ1v) is 5.10. The van der Waals surface area contributed by atoms with Crippen LogP contribution in [0.2, 0.25) is 0 Å². The van der Waals surface area contributed by atoms with Crippen molar-refractivity contribution in [3.63, 3.8) is 0 Å². The van der Waals surface area contributed by atoms with Gasteiger partial charge in [-0.3, -0.25) is 9.59 Å². The fourth-order valence-corrected chi connectivity index (χ4v) is 1.08. The largest absolute Gasteiger partial charge is 0.466 e. The molecule has 0 radical (unpaired) electrons. The number of ether oxygens (including phenoxy) is 1. The summed E-state index contributed by atoms with van der Waals surface area (Å²) >= 11 is 1.47. The van der Waals surface area contributed by atoms with E-state index in [-0.39, 0.29) is 19.4 Å². The fraction of sp³-hybridized carbons (Fsp3) is 0.333. The SMILES string of the molecule is O=C(CCC(=O)OCc1ccco1)OI. The van der Waals surface area contributed by atoms with Crippen molar-refractivity contribution in [2.24, 2.45) is 0 Å². The van der Waals surface area contributed by atoms with Crippen LogP contribution in [0.1, 0.15) is 18.6 Å². The van der Waals surface area contributed by atoms with E-state index in [4.69, 9.17) is 9.15 Å². The molecule has 0 saturated carbocycles. The first-order valence-electron chi connectivity index (χ1n) is 4.22. The monoisotopic (exact) mass is 324 g/mol. The van der Waals surface area contributed by atoms with Crippen molar-refractivity contribution in [3.05, 3.63) is 24.2 Å². The number of rotatable bonds is 5. The summed E-state index contributed by atoms with van der Waals surface area (Å²) < 4.78 is 14.2. The Kier molecular flexibility index (Phi) is 5.16. The summed E-state index contributed by atoms with van der Waals surface area (Å²) in [7, 11) is 0. The van der Waals surface area contributed by atoms with Crippen LogP contribution in [0.15, 0.2) is 22.8 Å². The molecule has 0 aliphatic rings. The molecule has 0 aliphatic carbocycles. The predicted octanol–water partition coefficient (Wildman–Crippen LogP) is 2.00. The van der Waals surface area contributed by atoms with Crippen LogP contribution in [0.4, 0.5) is 0 Å². The zero-order chi connectivity index (χ0) is 11.1. The predicted molar refractivity (Wildman–Crippen MR) is 57.9 cm³/mol. The van der Waals surface area contributed by atoms with Crippen molar-refractivity contribution in [3.8, 4) is 0 Å². The molecule has 0 amide bonds. The van der Waals surface area contributed by atoms with Gasteiger partial charge in [-0.05, 0) is 12.1 Å². The average Bonchev–Trinajstić information content (AvgIpc) is 2.75. The molecule has 0 N–H and O–H groups in total. The van der Waals surface area contributed by atoms with Crippen LogP contribution in [-0.4, -0.2) is 11.9 Å². The zero-order valence-corrected chi connectivity index (χ0v) is 9.93. The lowest BCUT2D eigenvalue weighted by Gasteiger charge is -2.01. The van der Waals surface area contributed by atoms with Gasteiger partial charge in [0.1, 0.15) is 12.4 Å². The van der Waals surface area contributed by atoms with Gasteiger partial charge in [-0.15, -0.1) is 0 Å². The molecule has 1 aromatic heterocycles. The Morgan fingerprint density at radius 1 is 1.33 bits per heavy atom. The summed E-state index contributed by atoms with van der Waals surface area (Å²) in [5.74, 6) is -0.321. The highest BCUT2D eigenvalue weighted by atomic mass is 127. The normalized spacial score (nSPS) is 9.67. The van der Waals surface area contributed by atoms with Crippen LogP contribution >= 0.6 is 23.0 Å². The highest BCUT2D eigenvalue weighted by Crippen LogP contribution is 2.04. The number of halogens is 1. The van der Waals surface area contributed by atoms with Gasteiger partial charge in [-0.1, -0.05) is 0 Å². The second-order valence-corrected chi connectivity index (χ2v) is 3.13. The summed E-state index contributed by atoms with van der Waals surface area (Å²) in [5, 5.41) is 0. The minimum atomic E-state index is -0.451. The van der Waals surface area contributed by atoms with Crippen molar-refractivity contribution >= 4 is 34.9 Å². The van der Waals surface area contributed by atoms with Gasteiger partial charge in [0.05, 0.1) is 19.1 Å². The third-order valence-corrected chi connectivity index (χ3v) is 2.07. The van der Waals surface area contributed by atoms with Crippen LogP contribution < -0.4 is 0 Å². The lowest BCUT2D eigenvalue weighted by atomic mass is 10.3. The smallest absolute Gasteiger partial charge is 0.315 e. The van der Waals surface area contributed by atoms with E-state index in [1.54, 1.807) is 12.1 Å². The Balaban J connectivity index is 2.16. The lowest BCUT2D eigenvalue weighted by molar-refractivity contribution is -0.147. The van der Waals surface area contributed by atoms with E-state index >= 15 is 0 Å². The summed E-state index contributed by atoms with van der Waals surface area (Å²) in [6.45, 7) is 0.0884. The highest BCUT2D eigenvalue weighted by Gasteiger charge is 2.09. The maximum Gasteiger partial charge on any atom is 0.315 e. The van der Waals surface area contributed by atoms with Gasteiger partial charge < -0.3 is 12.2 Å². The van der Waals surface area contributed by atoms with E-state index in [1.807, 2.05) is 0 Å². The number of hydrogen-bond acceptors (Lipinski definition) is 5. The summed E-state index contributed by atoms with van der Waals surface area (Å²) in [6.07, 6.45) is 1.54. The molecule has 15 heavy (non-hydrogen) atoms. The molecule has 0 fully saturated rings. The molecule has 1 aromatic rings. The van der Waals surface area contributed by atoms with E-state index in [2.05, 4.69) is 3.07 Å². The Bertz CT molecular complexity index is 319. The maximum atomic E-state index is 11.1. The van der Waals surface area contributed by atoms with Crippen molar-refractivity contribution in [2.45, 2.75) is 19.4 Å². The first kappa shape index (κ1) is 12.0. The molecule has 1 heterocycles. The zero-order valence-electron chi connectivity index (χ0n) is 7.77. The first-order chi connectivity index (χ1) is 7.22. The van der Waals surface area contributed by atoms with E-state index in [0.29, 0.717) is 5.76 Å². The Hall–Kier alpha value is -1.05. The average molecular weight is 324 g/mol. The minimum Gasteiger partial charge on any atom is -0.466 e. The Labute approximate surface area is 100 Å². The molecular formula is C9H9IO5. The number of carbonyl (C=O) groups excluding carboxylic acids is 2. The highest BCUT2D eigenvalue weighted by molar-refractivity contribution is 14.1. The summed E-state index contributed by atoms with van der Waals surface area (Å²) in [5.41, 5.74) is 0. The van der Waals surface area contributed by atoms with E-state index < -0.39 is 11.9 Å². The van der Waals surface area contributed by atoms with Gasteiger partial charge in [0, 0.05) is 0 Å². The van der Waals surface area contributed by atoms with Crippen LogP contribution in [-0.2, 0) is 24.0 Å². The van der Waals surface area contributed by atoms with Crippen LogP contribution in [0, 0.1) is 0 Å². The number of carbonyl (C=O) groups is 2. The molecule has 0 bridgehead atoms. The topological polar surface area (TPSA) is 65.7 Å². The van der Waals surface area contributed by atoms with Gasteiger partial charge in [-0.2, -0.15) is 0 Å². The molecule has 0 aromatic carbocycles. The van der Waals surface area contributed by atoms with Gasteiger partial charge >= 0.3 is 11.9 Å². The van der Waals surface area contributed by atoms with Crippen molar-refractivity contribution < 1.29 is 21.8 Å². The summed E-state index contributed by atoms with van der Waals surface area (Å²) in [6, 6.07) is 3.41. The van der Waals surface area contributed by atoms with E-state index in [1.165, 1.54) is 29.3 Å². The molecule has 6 heteroatoms. The molecule has 0 aliphatic heterocycles. The maximum absolute atomic E-state index is 11.1. The molecule has 5 nitrogen and oxygen atoms in total. The van der Waals surface area contributed by atoms with Crippen molar-refractivity contribution in [2.75, 3.05) is 0 Å². The molecule has 1 rings (SSSR count). The van der Waals surface area contributed by atoms with E-state index in [9.17, 15) is 9.59 Å². The molecule has 0 saturated heterocycles. The molecular weight excluding hydrogens is 315 g/mol. The Morgan fingerprint density at radius 3 is 2.67 bits per heavy atom. The van der Waals surface area contributed by atoms with Gasteiger partial charge in [0.15, 0.2) is 23.0 Å². The lowest BCUT2D eigenvalue weighted by Crippen LogP contribution is -2.07. The standard InChI is InChI=1S/C9H9IO5/c10-15-9(12)4-3-8(11)14-6-7-2-1-5-13-7/h1-2,5H,3-4,6H2. The molecule has 82 valence electrons. The van der Waals surface area contributed by atoms with Crippen LogP contribution in [0.25, 0.3) is 0 Å². The van der Waals surface area contributed by atoms with Gasteiger partial charge in [-0.25, -0.2) is 0 Å². The van der Waals surface area contributed by atoms with Crippen LogP contribution in [0.5, 0.6) is 0 Å². The second-order valence-electron chi connectivity index (χ2n) is 2.69. The van der Waals surface area contributed by atoms with Crippen molar-refractivity contribution in [1.29, 1.82) is 0 Å². The number of hydrogen-bond donors (Lipinski definition) is 0. The van der Waals surface area contributed by atoms with Gasteiger partial charge in [0.25, 0.3) is 0 Å². The van der Waals surface area contributed by atoms with Crippen LogP contribution in [0.3, 0.4) is 0 Å². The molecule has 0 atom stereocenters. The third kappa shape index (κ3) is 4.82.